The third-order valence-electron chi connectivity index (χ3n) is 4.70. The first-order chi connectivity index (χ1) is 9.79. The first kappa shape index (κ1) is 12.2. The number of amides is 1. The minimum absolute atomic E-state index is 0.249. The van der Waals surface area contributed by atoms with E-state index in [1.165, 1.54) is 36.9 Å². The molecule has 2 fully saturated rings. The van der Waals surface area contributed by atoms with Crippen molar-refractivity contribution in [3.63, 3.8) is 0 Å². The van der Waals surface area contributed by atoms with Crippen molar-refractivity contribution in [3.8, 4) is 0 Å². The van der Waals surface area contributed by atoms with Crippen LogP contribution >= 0.6 is 0 Å². The van der Waals surface area contributed by atoms with Gasteiger partial charge in [0.2, 0.25) is 0 Å². The molecule has 0 saturated heterocycles. The van der Waals surface area contributed by atoms with E-state index in [0.29, 0.717) is 0 Å². The molecule has 1 heterocycles. The first-order valence-electron chi connectivity index (χ1n) is 7.95. The lowest BCUT2D eigenvalue weighted by Gasteiger charge is -2.23. The molecule has 0 aromatic heterocycles. The highest BCUT2D eigenvalue weighted by molar-refractivity contribution is 5.95. The second-order valence-electron chi connectivity index (χ2n) is 6.65. The van der Waals surface area contributed by atoms with Crippen molar-refractivity contribution in [2.24, 2.45) is 11.8 Å². The lowest BCUT2D eigenvalue weighted by molar-refractivity contribution is 0.0739. The highest BCUT2D eigenvalue weighted by Crippen LogP contribution is 2.34. The summed E-state index contributed by atoms with van der Waals surface area (Å²) in [7, 11) is 0. The van der Waals surface area contributed by atoms with E-state index in [-0.39, 0.29) is 5.91 Å². The summed E-state index contributed by atoms with van der Waals surface area (Å²) in [6.45, 7) is 2.95. The van der Waals surface area contributed by atoms with Crippen molar-refractivity contribution in [2.45, 2.75) is 32.1 Å². The molecule has 2 aliphatic carbocycles. The van der Waals surface area contributed by atoms with Crippen LogP contribution in [0.5, 0.6) is 0 Å². The van der Waals surface area contributed by atoms with E-state index < -0.39 is 0 Å². The third-order valence-corrected chi connectivity index (χ3v) is 4.70. The molecule has 3 heteroatoms. The van der Waals surface area contributed by atoms with Crippen LogP contribution in [0.25, 0.3) is 0 Å². The van der Waals surface area contributed by atoms with Crippen LogP contribution < -0.4 is 5.32 Å². The molecule has 106 valence electrons. The van der Waals surface area contributed by atoms with Crippen LogP contribution in [0.4, 0.5) is 5.69 Å². The highest BCUT2D eigenvalue weighted by Gasteiger charge is 2.32. The van der Waals surface area contributed by atoms with Gasteiger partial charge in [-0.05, 0) is 67.7 Å². The fraction of sp³-hybridized carbons (Fsp3) is 0.588. The van der Waals surface area contributed by atoms with Crippen LogP contribution in [-0.2, 0) is 6.42 Å². The highest BCUT2D eigenvalue weighted by atomic mass is 16.2. The maximum Gasteiger partial charge on any atom is 0.253 e. The van der Waals surface area contributed by atoms with Gasteiger partial charge in [-0.25, -0.2) is 0 Å². The number of carbonyl (C=O) groups is 1. The van der Waals surface area contributed by atoms with Crippen molar-refractivity contribution in [1.82, 2.24) is 4.90 Å². The Morgan fingerprint density at radius 2 is 1.85 bits per heavy atom. The average molecular weight is 270 g/mol. The lowest BCUT2D eigenvalue weighted by Crippen LogP contribution is -2.34. The summed E-state index contributed by atoms with van der Waals surface area (Å²) in [5.41, 5.74) is 3.39. The topological polar surface area (TPSA) is 32.3 Å². The van der Waals surface area contributed by atoms with E-state index in [9.17, 15) is 4.79 Å². The standard InChI is InChI=1S/C17H22N2O/c20-17(15-5-6-16-14(9-15)7-8-18-16)19(10-12-1-2-12)11-13-3-4-13/h5-6,9,12-13,18H,1-4,7-8,10-11H2. The molecule has 0 bridgehead atoms. The van der Waals surface area contributed by atoms with Gasteiger partial charge in [-0.1, -0.05) is 0 Å². The molecule has 3 nitrogen and oxygen atoms in total. The summed E-state index contributed by atoms with van der Waals surface area (Å²) in [5, 5.41) is 3.35. The molecule has 0 unspecified atom stereocenters. The molecule has 20 heavy (non-hydrogen) atoms. The number of hydrogen-bond donors (Lipinski definition) is 1. The molecule has 0 atom stereocenters. The number of fused-ring (bicyclic) bond motifs is 1. The van der Waals surface area contributed by atoms with Gasteiger partial charge in [0.25, 0.3) is 5.91 Å². The Morgan fingerprint density at radius 1 is 1.15 bits per heavy atom. The van der Waals surface area contributed by atoms with Gasteiger partial charge < -0.3 is 10.2 Å². The first-order valence-corrected chi connectivity index (χ1v) is 7.95. The normalized spacial score (nSPS) is 20.4. The van der Waals surface area contributed by atoms with Crippen molar-refractivity contribution >= 4 is 11.6 Å². The predicted molar refractivity (Wildman–Crippen MR) is 80.0 cm³/mol. The zero-order chi connectivity index (χ0) is 13.5. The van der Waals surface area contributed by atoms with Crippen molar-refractivity contribution in [3.05, 3.63) is 29.3 Å². The summed E-state index contributed by atoms with van der Waals surface area (Å²) in [6.07, 6.45) is 6.28. The van der Waals surface area contributed by atoms with Gasteiger partial charge in [-0.2, -0.15) is 0 Å². The minimum atomic E-state index is 0.249. The van der Waals surface area contributed by atoms with E-state index in [4.69, 9.17) is 0 Å². The molecule has 1 aromatic rings. The molecule has 1 amide bonds. The Labute approximate surface area is 120 Å². The van der Waals surface area contributed by atoms with Gasteiger partial charge in [0, 0.05) is 30.9 Å². The zero-order valence-corrected chi connectivity index (χ0v) is 11.9. The van der Waals surface area contributed by atoms with E-state index in [2.05, 4.69) is 22.3 Å². The zero-order valence-electron chi connectivity index (χ0n) is 11.9. The average Bonchev–Trinajstić information content (AvgIpc) is 3.38. The second-order valence-corrected chi connectivity index (χ2v) is 6.65. The van der Waals surface area contributed by atoms with E-state index in [1.807, 2.05) is 6.07 Å². The van der Waals surface area contributed by atoms with Crippen molar-refractivity contribution < 1.29 is 4.79 Å². The van der Waals surface area contributed by atoms with Gasteiger partial charge in [0.15, 0.2) is 0 Å². The van der Waals surface area contributed by atoms with Crippen LogP contribution in [0.15, 0.2) is 18.2 Å². The summed E-state index contributed by atoms with van der Waals surface area (Å²) in [6, 6.07) is 6.17. The molecule has 4 rings (SSSR count). The summed E-state index contributed by atoms with van der Waals surface area (Å²) in [5.74, 6) is 1.79. The summed E-state index contributed by atoms with van der Waals surface area (Å²) in [4.78, 5) is 14.9. The van der Waals surface area contributed by atoms with E-state index in [0.717, 1.165) is 43.5 Å². The van der Waals surface area contributed by atoms with Gasteiger partial charge >= 0.3 is 0 Å². The van der Waals surface area contributed by atoms with E-state index >= 15 is 0 Å². The second kappa shape index (κ2) is 4.80. The molecule has 2 saturated carbocycles. The maximum atomic E-state index is 12.8. The Hall–Kier alpha value is -1.51. The fourth-order valence-corrected chi connectivity index (χ4v) is 3.09. The van der Waals surface area contributed by atoms with Crippen molar-refractivity contribution in [1.29, 1.82) is 0 Å². The number of nitrogens with zero attached hydrogens (tertiary/aromatic N) is 1. The van der Waals surface area contributed by atoms with Crippen LogP contribution in [0.2, 0.25) is 0 Å². The molecule has 0 spiro atoms. The Bertz CT molecular complexity index is 518. The predicted octanol–water partition coefficient (Wildman–Crippen LogP) is 2.92. The van der Waals surface area contributed by atoms with E-state index in [1.54, 1.807) is 0 Å². The number of benzene rings is 1. The quantitative estimate of drug-likeness (QED) is 0.892. The number of carbonyl (C=O) groups excluding carboxylic acids is 1. The monoisotopic (exact) mass is 270 g/mol. The number of nitrogens with one attached hydrogen (secondary N) is 1. The molecule has 1 N–H and O–H groups in total. The Morgan fingerprint density at radius 3 is 2.50 bits per heavy atom. The number of hydrogen-bond acceptors (Lipinski definition) is 2. The van der Waals surface area contributed by atoms with Gasteiger partial charge in [0.05, 0.1) is 0 Å². The molecular weight excluding hydrogens is 248 g/mol. The van der Waals surface area contributed by atoms with Gasteiger partial charge in [-0.15, -0.1) is 0 Å². The maximum absolute atomic E-state index is 12.8. The largest absolute Gasteiger partial charge is 0.384 e. The fourth-order valence-electron chi connectivity index (χ4n) is 3.09. The Balaban J connectivity index is 1.53. The lowest BCUT2D eigenvalue weighted by atomic mass is 10.1. The van der Waals surface area contributed by atoms with Crippen LogP contribution in [0.1, 0.15) is 41.6 Å². The number of rotatable bonds is 5. The van der Waals surface area contributed by atoms with Crippen LogP contribution in [0.3, 0.4) is 0 Å². The van der Waals surface area contributed by atoms with Gasteiger partial charge in [0.1, 0.15) is 0 Å². The molecule has 1 aromatic carbocycles. The van der Waals surface area contributed by atoms with Crippen LogP contribution in [0, 0.1) is 11.8 Å². The van der Waals surface area contributed by atoms with Crippen molar-refractivity contribution in [2.75, 3.05) is 25.0 Å². The third kappa shape index (κ3) is 2.54. The number of anilines is 1. The Kier molecular flexibility index (Phi) is 2.94. The molecule has 1 aliphatic heterocycles. The SMILES string of the molecule is O=C(c1ccc2c(c1)CCN2)N(CC1CC1)CC1CC1. The van der Waals surface area contributed by atoms with Crippen LogP contribution in [-0.4, -0.2) is 30.4 Å². The summed E-state index contributed by atoms with van der Waals surface area (Å²) >= 11 is 0. The minimum Gasteiger partial charge on any atom is -0.384 e. The van der Waals surface area contributed by atoms with Gasteiger partial charge in [-0.3, -0.25) is 4.79 Å². The molecular formula is C17H22N2O. The molecule has 3 aliphatic rings. The molecule has 0 radical (unpaired) electrons. The smallest absolute Gasteiger partial charge is 0.253 e. The summed E-state index contributed by atoms with van der Waals surface area (Å²) < 4.78 is 0.